The van der Waals surface area contributed by atoms with Crippen LogP contribution in [0.4, 0.5) is 0 Å². The highest BCUT2D eigenvalue weighted by Crippen LogP contribution is 2.68. The summed E-state index contributed by atoms with van der Waals surface area (Å²) >= 11 is 3.50. The van der Waals surface area contributed by atoms with E-state index in [1.54, 1.807) is 20.2 Å². The van der Waals surface area contributed by atoms with E-state index in [0.29, 0.717) is 23.7 Å². The smallest absolute Gasteiger partial charge is 0.228 e. The van der Waals surface area contributed by atoms with E-state index in [4.69, 9.17) is 9.47 Å². The molecule has 0 spiro atoms. The Labute approximate surface area is 241 Å². The van der Waals surface area contributed by atoms with Crippen molar-refractivity contribution in [2.24, 2.45) is 5.92 Å². The fourth-order valence-corrected chi connectivity index (χ4v) is 6.49. The zero-order chi connectivity index (χ0) is 28.1. The van der Waals surface area contributed by atoms with Crippen molar-refractivity contribution >= 4 is 21.8 Å². The fraction of sp³-hybridized carbons (Fsp3) is 0.250. The zero-order valence-corrected chi connectivity index (χ0v) is 23.7. The summed E-state index contributed by atoms with van der Waals surface area (Å²) in [5.74, 6) is -1.30. The molecule has 5 atom stereocenters. The number of hydrogen-bond donors (Lipinski definition) is 2. The molecule has 204 valence electrons. The van der Waals surface area contributed by atoms with Crippen molar-refractivity contribution in [1.29, 1.82) is 0 Å². The molecule has 2 heterocycles. The van der Waals surface area contributed by atoms with Gasteiger partial charge in [-0.2, -0.15) is 0 Å². The maximum atomic E-state index is 13.7. The molecule has 4 aromatic rings. The van der Waals surface area contributed by atoms with E-state index in [1.807, 2.05) is 84.9 Å². The van der Waals surface area contributed by atoms with Gasteiger partial charge in [0.15, 0.2) is 11.2 Å². The highest BCUT2D eigenvalue weighted by atomic mass is 79.9. The first-order valence-electron chi connectivity index (χ1n) is 13.1. The van der Waals surface area contributed by atoms with E-state index in [2.05, 4.69) is 20.9 Å². The minimum absolute atomic E-state index is 0.171. The van der Waals surface area contributed by atoms with Gasteiger partial charge >= 0.3 is 0 Å². The number of aromatic nitrogens is 1. The number of carbonyl (C=O) groups is 1. The third-order valence-corrected chi connectivity index (χ3v) is 8.53. The van der Waals surface area contributed by atoms with Crippen LogP contribution in [0.3, 0.4) is 0 Å². The van der Waals surface area contributed by atoms with Crippen molar-refractivity contribution in [2.45, 2.75) is 29.8 Å². The standard InChI is InChI=1S/C32H29BrN2O5/c1-35(2)30(37)26-27(21-11-7-4-8-12-21)32(22-13-15-23(33)16-14-22)31(38,29(26)36)28-25(40-32)17-24(18-34-28)39-19-20-9-5-3-6-10-20/h3-18,26-27,29,36,38H,19H2,1-2H3/t26-,27-,29-,31+,32+/m1/s1. The molecule has 0 bridgehead atoms. The molecule has 0 radical (unpaired) electrons. The lowest BCUT2D eigenvalue weighted by Gasteiger charge is -2.40. The summed E-state index contributed by atoms with van der Waals surface area (Å²) in [6, 6.07) is 28.3. The van der Waals surface area contributed by atoms with Crippen LogP contribution in [0.1, 0.15) is 28.3 Å². The molecule has 2 N–H and O–H groups in total. The van der Waals surface area contributed by atoms with E-state index in [1.165, 1.54) is 11.1 Å². The summed E-state index contributed by atoms with van der Waals surface area (Å²) in [5.41, 5.74) is -1.05. The van der Waals surface area contributed by atoms with Gasteiger partial charge in [-0.25, -0.2) is 0 Å². The van der Waals surface area contributed by atoms with Gasteiger partial charge in [0.1, 0.15) is 29.9 Å². The molecule has 1 aromatic heterocycles. The number of benzene rings is 3. The largest absolute Gasteiger partial charge is 0.487 e. The quantitative estimate of drug-likeness (QED) is 0.331. The van der Waals surface area contributed by atoms with Gasteiger partial charge in [0.05, 0.1) is 12.1 Å². The predicted molar refractivity (Wildman–Crippen MR) is 153 cm³/mol. The second kappa shape index (κ2) is 10.0. The number of carbonyl (C=O) groups excluding carboxylic acids is 1. The molecule has 8 heteroatoms. The third kappa shape index (κ3) is 3.93. The normalized spacial score (nSPS) is 26.5. The number of halogens is 1. The van der Waals surface area contributed by atoms with E-state index in [9.17, 15) is 15.0 Å². The van der Waals surface area contributed by atoms with Crippen molar-refractivity contribution in [3.8, 4) is 11.5 Å². The Kier molecular flexibility index (Phi) is 6.65. The monoisotopic (exact) mass is 600 g/mol. The first kappa shape index (κ1) is 26.5. The molecular weight excluding hydrogens is 572 g/mol. The van der Waals surface area contributed by atoms with Crippen molar-refractivity contribution in [2.75, 3.05) is 14.1 Å². The Hall–Kier alpha value is -3.72. The second-order valence-corrected chi connectivity index (χ2v) is 11.4. The second-order valence-electron chi connectivity index (χ2n) is 10.5. The van der Waals surface area contributed by atoms with Gasteiger partial charge in [-0.05, 0) is 28.8 Å². The Morgan fingerprint density at radius 1 is 1.02 bits per heavy atom. The number of hydrogen-bond acceptors (Lipinski definition) is 6. The topological polar surface area (TPSA) is 92.1 Å². The maximum absolute atomic E-state index is 13.7. The van der Waals surface area contributed by atoms with Crippen LogP contribution in [0.5, 0.6) is 11.5 Å². The Balaban J connectivity index is 1.53. The van der Waals surface area contributed by atoms with Gasteiger partial charge in [0, 0.05) is 30.6 Å². The lowest BCUT2D eigenvalue weighted by Crippen LogP contribution is -2.52. The maximum Gasteiger partial charge on any atom is 0.228 e. The molecule has 6 rings (SSSR count). The minimum atomic E-state index is -2.04. The summed E-state index contributed by atoms with van der Waals surface area (Å²) in [4.78, 5) is 19.7. The number of fused-ring (bicyclic) bond motifs is 3. The van der Waals surface area contributed by atoms with Gasteiger partial charge in [-0.3, -0.25) is 9.78 Å². The van der Waals surface area contributed by atoms with Crippen LogP contribution in [0.25, 0.3) is 0 Å². The number of amides is 1. The summed E-state index contributed by atoms with van der Waals surface area (Å²) in [6.07, 6.45) is 0.00706. The molecule has 0 saturated heterocycles. The number of ether oxygens (including phenoxy) is 2. The SMILES string of the molecule is CN(C)C(=O)[C@H]1[C@@H](O)[C@@]2(O)c3ncc(OCc4ccccc4)cc3O[C@@]2(c2ccc(Br)cc2)[C@@H]1c1ccccc1. The highest BCUT2D eigenvalue weighted by Gasteiger charge is 2.78. The number of rotatable bonds is 6. The Bertz CT molecular complexity index is 1530. The molecule has 0 unspecified atom stereocenters. The van der Waals surface area contributed by atoms with Crippen LogP contribution < -0.4 is 9.47 Å². The minimum Gasteiger partial charge on any atom is -0.487 e. The van der Waals surface area contributed by atoms with Crippen molar-refractivity contribution in [1.82, 2.24) is 9.88 Å². The van der Waals surface area contributed by atoms with Gasteiger partial charge < -0.3 is 24.6 Å². The molecule has 1 fully saturated rings. The highest BCUT2D eigenvalue weighted by molar-refractivity contribution is 9.10. The average molecular weight is 601 g/mol. The molecule has 7 nitrogen and oxygen atoms in total. The van der Waals surface area contributed by atoms with E-state index >= 15 is 0 Å². The predicted octanol–water partition coefficient (Wildman–Crippen LogP) is 4.76. The molecule has 2 aliphatic rings. The molecule has 3 aromatic carbocycles. The van der Waals surface area contributed by atoms with Crippen LogP contribution in [0, 0.1) is 5.92 Å². The lowest BCUT2D eigenvalue weighted by molar-refractivity contribution is -0.157. The first-order chi connectivity index (χ1) is 19.3. The van der Waals surface area contributed by atoms with Crippen LogP contribution in [-0.4, -0.2) is 46.2 Å². The van der Waals surface area contributed by atoms with Gasteiger partial charge in [0.25, 0.3) is 0 Å². The van der Waals surface area contributed by atoms with E-state index in [0.717, 1.165) is 15.6 Å². The number of aliphatic hydroxyl groups is 2. The Morgan fingerprint density at radius 3 is 2.33 bits per heavy atom. The lowest BCUT2D eigenvalue weighted by atomic mass is 9.71. The number of aliphatic hydroxyl groups excluding tert-OH is 1. The van der Waals surface area contributed by atoms with Crippen molar-refractivity contribution < 1.29 is 24.5 Å². The first-order valence-corrected chi connectivity index (χ1v) is 13.9. The third-order valence-electron chi connectivity index (χ3n) is 8.00. The Morgan fingerprint density at radius 2 is 1.68 bits per heavy atom. The number of pyridine rings is 1. The van der Waals surface area contributed by atoms with Crippen molar-refractivity contribution in [3.05, 3.63) is 124 Å². The van der Waals surface area contributed by atoms with Gasteiger partial charge in [-0.1, -0.05) is 88.7 Å². The van der Waals surface area contributed by atoms with Gasteiger partial charge in [-0.15, -0.1) is 0 Å². The van der Waals surface area contributed by atoms with E-state index < -0.39 is 29.1 Å². The zero-order valence-electron chi connectivity index (χ0n) is 22.1. The summed E-state index contributed by atoms with van der Waals surface area (Å²) < 4.78 is 13.6. The molecular formula is C32H29BrN2O5. The van der Waals surface area contributed by atoms with Crippen LogP contribution in [-0.2, 0) is 22.6 Å². The fourth-order valence-electron chi connectivity index (χ4n) is 6.23. The molecule has 1 aliphatic heterocycles. The average Bonchev–Trinajstić information content (AvgIpc) is 3.34. The molecule has 1 aliphatic carbocycles. The summed E-state index contributed by atoms with van der Waals surface area (Å²) in [5, 5.41) is 24.7. The molecule has 40 heavy (non-hydrogen) atoms. The summed E-state index contributed by atoms with van der Waals surface area (Å²) in [7, 11) is 3.29. The van der Waals surface area contributed by atoms with E-state index in [-0.39, 0.29) is 11.6 Å². The van der Waals surface area contributed by atoms with Crippen LogP contribution >= 0.6 is 15.9 Å². The molecule has 1 amide bonds. The van der Waals surface area contributed by atoms with Crippen molar-refractivity contribution in [3.63, 3.8) is 0 Å². The van der Waals surface area contributed by atoms with Crippen LogP contribution in [0.2, 0.25) is 0 Å². The van der Waals surface area contributed by atoms with Gasteiger partial charge in [0.2, 0.25) is 5.91 Å². The summed E-state index contributed by atoms with van der Waals surface area (Å²) in [6.45, 7) is 0.331. The van der Waals surface area contributed by atoms with Crippen LogP contribution in [0.15, 0.2) is 102 Å². The number of nitrogens with zero attached hydrogens (tertiary/aromatic N) is 2. The molecule has 1 saturated carbocycles.